The normalized spacial score (nSPS) is 11.3. The predicted octanol–water partition coefficient (Wildman–Crippen LogP) is 4.01. The minimum atomic E-state index is -0.933. The lowest BCUT2D eigenvalue weighted by Crippen LogP contribution is -2.03. The lowest BCUT2D eigenvalue weighted by Gasteiger charge is -2.08. The van der Waals surface area contributed by atoms with E-state index in [4.69, 9.17) is 0 Å². The summed E-state index contributed by atoms with van der Waals surface area (Å²) in [5.74, 6) is -0.128. The number of fused-ring (bicyclic) bond motifs is 1. The predicted molar refractivity (Wildman–Crippen MR) is 128 cm³/mol. The molecule has 1 aromatic carbocycles. The van der Waals surface area contributed by atoms with Crippen LogP contribution in [0.3, 0.4) is 0 Å². The number of rotatable bonds is 5. The average molecular weight is 484 g/mol. The van der Waals surface area contributed by atoms with Gasteiger partial charge >= 0.3 is 0 Å². The highest BCUT2D eigenvalue weighted by atomic mass is 19.2. The summed E-state index contributed by atoms with van der Waals surface area (Å²) in [5.41, 5.74) is 3.81. The van der Waals surface area contributed by atoms with E-state index >= 15 is 0 Å². The van der Waals surface area contributed by atoms with Crippen molar-refractivity contribution in [3.8, 4) is 33.9 Å². The SMILES string of the molecule is Cn1nccc1Nc1nccc(-c2ccn3c(-c4cnn(C)c4-c4ccc(F)c(F)c4)nnc3c2)n1. The van der Waals surface area contributed by atoms with E-state index in [2.05, 4.69) is 35.7 Å². The van der Waals surface area contributed by atoms with E-state index < -0.39 is 11.6 Å². The van der Waals surface area contributed by atoms with Crippen molar-refractivity contribution in [1.82, 2.24) is 44.1 Å². The van der Waals surface area contributed by atoms with Gasteiger partial charge < -0.3 is 5.32 Å². The summed E-state index contributed by atoms with van der Waals surface area (Å²) in [4.78, 5) is 8.89. The maximum Gasteiger partial charge on any atom is 0.228 e. The van der Waals surface area contributed by atoms with E-state index in [1.165, 1.54) is 6.07 Å². The van der Waals surface area contributed by atoms with Gasteiger partial charge in [0.1, 0.15) is 5.82 Å². The fourth-order valence-corrected chi connectivity index (χ4v) is 4.01. The van der Waals surface area contributed by atoms with E-state index in [9.17, 15) is 8.78 Å². The molecule has 12 heteroatoms. The Balaban J connectivity index is 1.37. The summed E-state index contributed by atoms with van der Waals surface area (Å²) >= 11 is 0. The molecule has 1 N–H and O–H groups in total. The zero-order valence-corrected chi connectivity index (χ0v) is 19.1. The highest BCUT2D eigenvalue weighted by Crippen LogP contribution is 2.32. The molecule has 6 rings (SSSR count). The molecule has 0 aliphatic carbocycles. The Labute approximate surface area is 202 Å². The Kier molecular flexibility index (Phi) is 4.99. The first-order chi connectivity index (χ1) is 17.5. The van der Waals surface area contributed by atoms with Crippen molar-refractivity contribution in [2.75, 3.05) is 5.32 Å². The largest absolute Gasteiger partial charge is 0.309 e. The minimum Gasteiger partial charge on any atom is -0.309 e. The van der Waals surface area contributed by atoms with Crippen LogP contribution >= 0.6 is 0 Å². The van der Waals surface area contributed by atoms with Crippen LogP contribution in [-0.4, -0.2) is 44.1 Å². The molecule has 5 heterocycles. The van der Waals surface area contributed by atoms with Crippen LogP contribution in [0.5, 0.6) is 0 Å². The summed E-state index contributed by atoms with van der Waals surface area (Å²) < 4.78 is 32.5. The number of hydrogen-bond donors (Lipinski definition) is 1. The maximum atomic E-state index is 13.9. The highest BCUT2D eigenvalue weighted by molar-refractivity contribution is 5.79. The molecule has 5 aromatic heterocycles. The third kappa shape index (κ3) is 3.64. The van der Waals surface area contributed by atoms with Crippen molar-refractivity contribution in [1.29, 1.82) is 0 Å². The molecule has 0 spiro atoms. The molecule has 0 radical (unpaired) electrons. The van der Waals surface area contributed by atoms with E-state index in [1.807, 2.05) is 31.4 Å². The number of halogens is 2. The molecular formula is C24H18F2N10. The Morgan fingerprint density at radius 3 is 2.53 bits per heavy atom. The van der Waals surface area contributed by atoms with Gasteiger partial charge in [-0.1, -0.05) is 0 Å². The number of aryl methyl sites for hydroxylation is 2. The van der Waals surface area contributed by atoms with E-state index in [0.717, 1.165) is 23.5 Å². The van der Waals surface area contributed by atoms with Gasteiger partial charge in [0, 0.05) is 43.7 Å². The van der Waals surface area contributed by atoms with Crippen molar-refractivity contribution in [2.24, 2.45) is 14.1 Å². The molecule has 0 aliphatic rings. The quantitative estimate of drug-likeness (QED) is 0.394. The van der Waals surface area contributed by atoms with Crippen LogP contribution in [0.25, 0.3) is 39.5 Å². The Morgan fingerprint density at radius 1 is 0.833 bits per heavy atom. The summed E-state index contributed by atoms with van der Waals surface area (Å²) in [7, 11) is 3.55. The molecule has 36 heavy (non-hydrogen) atoms. The number of nitrogens with zero attached hydrogens (tertiary/aromatic N) is 9. The molecule has 10 nitrogen and oxygen atoms in total. The Hall–Kier alpha value is -5.00. The van der Waals surface area contributed by atoms with Crippen molar-refractivity contribution >= 4 is 17.4 Å². The van der Waals surface area contributed by atoms with Crippen LogP contribution in [0, 0.1) is 11.6 Å². The summed E-state index contributed by atoms with van der Waals surface area (Å²) in [6, 6.07) is 11.1. The standard InChI is InChI=1S/C24H18F2N10/c1-34-20(6-9-28-34)31-24-27-8-5-19(30-24)14-7-10-36-21(12-14)32-33-23(36)16-13-29-35(2)22(16)15-3-4-17(25)18(26)11-15/h3-13H,1-2H3,(H,27,30,31). The topological polar surface area (TPSA) is 104 Å². The molecule has 0 aliphatic heterocycles. The smallest absolute Gasteiger partial charge is 0.228 e. The molecule has 0 fully saturated rings. The summed E-state index contributed by atoms with van der Waals surface area (Å²) in [5, 5.41) is 20.3. The molecule has 0 saturated carbocycles. The molecule has 0 amide bonds. The van der Waals surface area contributed by atoms with Gasteiger partial charge in [0.05, 0.1) is 29.3 Å². The van der Waals surface area contributed by atoms with E-state index in [0.29, 0.717) is 39.9 Å². The molecule has 0 atom stereocenters. The molecule has 0 bridgehead atoms. The van der Waals surface area contributed by atoms with Crippen molar-refractivity contribution in [3.05, 3.63) is 78.9 Å². The van der Waals surface area contributed by atoms with Gasteiger partial charge in [0.2, 0.25) is 5.95 Å². The number of benzene rings is 1. The molecule has 6 aromatic rings. The minimum absolute atomic E-state index is 0.435. The molecule has 178 valence electrons. The highest BCUT2D eigenvalue weighted by Gasteiger charge is 2.19. The van der Waals surface area contributed by atoms with Gasteiger partial charge in [-0.3, -0.25) is 13.8 Å². The van der Waals surface area contributed by atoms with Gasteiger partial charge in [-0.2, -0.15) is 10.2 Å². The Bertz CT molecular complexity index is 1730. The van der Waals surface area contributed by atoms with Gasteiger partial charge in [0.25, 0.3) is 0 Å². The lowest BCUT2D eigenvalue weighted by molar-refractivity contribution is 0.509. The molecule has 0 unspecified atom stereocenters. The lowest BCUT2D eigenvalue weighted by atomic mass is 10.1. The van der Waals surface area contributed by atoms with Gasteiger partial charge in [-0.05, 0) is 36.4 Å². The van der Waals surface area contributed by atoms with Gasteiger partial charge in [0.15, 0.2) is 23.1 Å². The van der Waals surface area contributed by atoms with Crippen LogP contribution in [0.2, 0.25) is 0 Å². The zero-order chi connectivity index (χ0) is 24.8. The van der Waals surface area contributed by atoms with Crippen LogP contribution in [0.15, 0.2) is 67.3 Å². The third-order valence-corrected chi connectivity index (χ3v) is 5.79. The van der Waals surface area contributed by atoms with Gasteiger partial charge in [-0.25, -0.2) is 18.7 Å². The number of anilines is 2. The number of nitrogens with one attached hydrogen (secondary N) is 1. The first kappa shape index (κ1) is 21.5. The van der Waals surface area contributed by atoms with Crippen molar-refractivity contribution in [2.45, 2.75) is 0 Å². The third-order valence-electron chi connectivity index (χ3n) is 5.79. The monoisotopic (exact) mass is 484 g/mol. The number of aromatic nitrogens is 9. The summed E-state index contributed by atoms with van der Waals surface area (Å²) in [6.45, 7) is 0. The van der Waals surface area contributed by atoms with E-state index in [-0.39, 0.29) is 0 Å². The number of pyridine rings is 1. The van der Waals surface area contributed by atoms with Crippen LogP contribution in [0.4, 0.5) is 20.5 Å². The second kappa shape index (κ2) is 8.34. The maximum absolute atomic E-state index is 13.9. The first-order valence-electron chi connectivity index (χ1n) is 10.9. The molecule has 0 saturated heterocycles. The fraction of sp³-hybridized carbons (Fsp3) is 0.0833. The summed E-state index contributed by atoms with van der Waals surface area (Å²) in [6.07, 6.45) is 6.81. The second-order valence-corrected chi connectivity index (χ2v) is 8.06. The number of hydrogen-bond acceptors (Lipinski definition) is 7. The average Bonchev–Trinajstić information content (AvgIpc) is 3.59. The van der Waals surface area contributed by atoms with Crippen LogP contribution < -0.4 is 5.32 Å². The Morgan fingerprint density at radius 2 is 1.72 bits per heavy atom. The van der Waals surface area contributed by atoms with Gasteiger partial charge in [-0.15, -0.1) is 10.2 Å². The zero-order valence-electron chi connectivity index (χ0n) is 19.1. The molecular weight excluding hydrogens is 466 g/mol. The van der Waals surface area contributed by atoms with E-state index in [1.54, 1.807) is 45.5 Å². The van der Waals surface area contributed by atoms with Crippen LogP contribution in [0.1, 0.15) is 0 Å². The van der Waals surface area contributed by atoms with Crippen LogP contribution in [-0.2, 0) is 14.1 Å². The first-order valence-corrected chi connectivity index (χ1v) is 10.9. The van der Waals surface area contributed by atoms with Crippen molar-refractivity contribution in [3.63, 3.8) is 0 Å². The fourth-order valence-electron chi connectivity index (χ4n) is 4.01. The van der Waals surface area contributed by atoms with Crippen molar-refractivity contribution < 1.29 is 8.78 Å². The second-order valence-electron chi connectivity index (χ2n) is 8.06.